The molecule has 35 heavy (non-hydrogen) atoms. The first-order chi connectivity index (χ1) is 16.7. The number of ether oxygens (including phenoxy) is 1. The van der Waals surface area contributed by atoms with Gasteiger partial charge in [0.05, 0.1) is 33.9 Å². The van der Waals surface area contributed by atoms with Crippen LogP contribution in [0.15, 0.2) is 70.3 Å². The number of pyridine rings is 2. The van der Waals surface area contributed by atoms with Crippen molar-refractivity contribution in [2.24, 2.45) is 0 Å². The van der Waals surface area contributed by atoms with Crippen molar-refractivity contribution in [3.63, 3.8) is 0 Å². The Kier molecular flexibility index (Phi) is 12.5. The SMILES string of the molecule is C=COCCCC.CC(=O)c1cc(Cl)c2ccc(Br)cc2n1.Clc1cc(Cl)c2ccc(Br)cc2n1. The Morgan fingerprint density at radius 2 is 1.49 bits per heavy atom. The molecular weight excluding hydrogens is 638 g/mol. The van der Waals surface area contributed by atoms with Gasteiger partial charge < -0.3 is 4.74 Å². The zero-order valence-electron chi connectivity index (χ0n) is 19.1. The van der Waals surface area contributed by atoms with Crippen LogP contribution in [0, 0.1) is 0 Å². The van der Waals surface area contributed by atoms with Crippen molar-refractivity contribution in [3.05, 3.63) is 91.2 Å². The van der Waals surface area contributed by atoms with E-state index < -0.39 is 0 Å². The lowest BCUT2D eigenvalue weighted by atomic mass is 10.2. The van der Waals surface area contributed by atoms with Crippen molar-refractivity contribution < 1.29 is 9.53 Å². The predicted octanol–water partition coefficient (Wildman–Crippen LogP) is 10.1. The predicted molar refractivity (Wildman–Crippen MR) is 155 cm³/mol. The highest BCUT2D eigenvalue weighted by atomic mass is 79.9. The highest BCUT2D eigenvalue weighted by molar-refractivity contribution is 9.10. The second-order valence-corrected chi connectivity index (χ2v) is 10.2. The Balaban J connectivity index is 0.000000198. The number of nitrogens with zero attached hydrogens (tertiary/aromatic N) is 2. The molecule has 0 atom stereocenters. The quantitative estimate of drug-likeness (QED) is 0.0925. The lowest BCUT2D eigenvalue weighted by Gasteiger charge is -2.03. The molecule has 9 heteroatoms. The smallest absolute Gasteiger partial charge is 0.178 e. The average Bonchev–Trinajstić information content (AvgIpc) is 2.79. The molecule has 4 rings (SSSR count). The number of hydrogen-bond donors (Lipinski definition) is 0. The zero-order chi connectivity index (χ0) is 26.0. The van der Waals surface area contributed by atoms with E-state index in [9.17, 15) is 4.79 Å². The normalized spacial score (nSPS) is 10.1. The second-order valence-electron chi connectivity index (χ2n) is 7.19. The standard InChI is InChI=1S/C11H7BrClNO.C9H4BrCl2N.C6H12O/c1-6(15)10-5-9(13)8-3-2-7(12)4-11(8)14-10;10-5-1-2-6-7(11)4-9(12)13-8(6)3-5;1-3-5-6-7-4-2/h2-5H,1H3;1-4H;4H,2-3,5-6H2,1H3. The van der Waals surface area contributed by atoms with Crippen LogP contribution in [0.2, 0.25) is 15.2 Å². The topological polar surface area (TPSA) is 52.1 Å². The van der Waals surface area contributed by atoms with Gasteiger partial charge in [0.25, 0.3) is 0 Å². The summed E-state index contributed by atoms with van der Waals surface area (Å²) >= 11 is 24.5. The van der Waals surface area contributed by atoms with Crippen LogP contribution in [-0.4, -0.2) is 22.4 Å². The number of fused-ring (bicyclic) bond motifs is 2. The summed E-state index contributed by atoms with van der Waals surface area (Å²) in [7, 11) is 0. The summed E-state index contributed by atoms with van der Waals surface area (Å²) in [6.07, 6.45) is 3.80. The average molecular weight is 662 g/mol. The van der Waals surface area contributed by atoms with Gasteiger partial charge in [-0.25, -0.2) is 9.97 Å². The summed E-state index contributed by atoms with van der Waals surface area (Å²) in [4.78, 5) is 19.6. The molecule has 2 aromatic carbocycles. The Hall–Kier alpha value is -1.70. The summed E-state index contributed by atoms with van der Waals surface area (Å²) in [5.41, 5.74) is 1.92. The molecule has 184 valence electrons. The Morgan fingerprint density at radius 3 is 2.00 bits per heavy atom. The van der Waals surface area contributed by atoms with E-state index in [-0.39, 0.29) is 5.78 Å². The second kappa shape index (κ2) is 14.8. The van der Waals surface area contributed by atoms with Gasteiger partial charge in [-0.05, 0) is 42.8 Å². The van der Waals surface area contributed by atoms with Crippen LogP contribution in [0.3, 0.4) is 0 Å². The van der Waals surface area contributed by atoms with Gasteiger partial charge in [0.15, 0.2) is 5.78 Å². The van der Waals surface area contributed by atoms with Crippen molar-refractivity contribution in [3.8, 4) is 0 Å². The summed E-state index contributed by atoms with van der Waals surface area (Å²) in [6, 6.07) is 14.6. The lowest BCUT2D eigenvalue weighted by Crippen LogP contribution is -1.97. The number of unbranched alkanes of at least 4 members (excludes halogenated alkanes) is 1. The number of carbonyl (C=O) groups excluding carboxylic acids is 1. The van der Waals surface area contributed by atoms with Gasteiger partial charge in [-0.2, -0.15) is 0 Å². The summed E-state index contributed by atoms with van der Waals surface area (Å²) in [5, 5.41) is 3.36. The maximum Gasteiger partial charge on any atom is 0.178 e. The number of halogens is 5. The Bertz CT molecular complexity index is 1330. The van der Waals surface area contributed by atoms with Crippen molar-refractivity contribution in [2.75, 3.05) is 6.61 Å². The van der Waals surface area contributed by atoms with E-state index in [1.54, 1.807) is 12.1 Å². The Labute approximate surface area is 236 Å². The van der Waals surface area contributed by atoms with E-state index in [1.807, 2.05) is 36.4 Å². The maximum absolute atomic E-state index is 11.2. The zero-order valence-corrected chi connectivity index (χ0v) is 24.6. The van der Waals surface area contributed by atoms with Gasteiger partial charge in [0.2, 0.25) is 0 Å². The molecule has 0 fully saturated rings. The number of benzene rings is 2. The fourth-order valence-corrected chi connectivity index (χ4v) is 4.26. The van der Waals surface area contributed by atoms with Crippen molar-refractivity contribution >= 4 is 94.3 Å². The third-order valence-electron chi connectivity index (χ3n) is 4.51. The van der Waals surface area contributed by atoms with Crippen LogP contribution in [0.4, 0.5) is 0 Å². The first-order valence-corrected chi connectivity index (χ1v) is 13.3. The van der Waals surface area contributed by atoms with E-state index in [4.69, 9.17) is 39.5 Å². The summed E-state index contributed by atoms with van der Waals surface area (Å²) < 4.78 is 6.72. The fraction of sp³-hybridized carbons (Fsp3) is 0.192. The van der Waals surface area contributed by atoms with Gasteiger partial charge in [0, 0.05) is 26.6 Å². The molecule has 0 amide bonds. The van der Waals surface area contributed by atoms with Gasteiger partial charge in [-0.1, -0.05) is 98.7 Å². The molecule has 2 aromatic heterocycles. The van der Waals surface area contributed by atoms with Crippen molar-refractivity contribution in [1.29, 1.82) is 0 Å². The first kappa shape index (κ1) is 29.5. The van der Waals surface area contributed by atoms with Gasteiger partial charge in [-0.3, -0.25) is 4.79 Å². The number of aromatic nitrogens is 2. The molecular formula is C26H23Br2Cl3N2O2. The largest absolute Gasteiger partial charge is 0.502 e. The van der Waals surface area contributed by atoms with Gasteiger partial charge >= 0.3 is 0 Å². The molecule has 0 saturated carbocycles. The van der Waals surface area contributed by atoms with E-state index in [1.165, 1.54) is 19.6 Å². The molecule has 0 unspecified atom stereocenters. The molecule has 0 spiro atoms. The van der Waals surface area contributed by atoms with Crippen LogP contribution in [0.25, 0.3) is 21.8 Å². The van der Waals surface area contributed by atoms with Crippen LogP contribution >= 0.6 is 66.7 Å². The minimum atomic E-state index is -0.0845. The molecule has 2 heterocycles. The van der Waals surface area contributed by atoms with Gasteiger partial charge in [-0.15, -0.1) is 0 Å². The lowest BCUT2D eigenvalue weighted by molar-refractivity contribution is 0.101. The van der Waals surface area contributed by atoms with E-state index in [0.717, 1.165) is 43.8 Å². The fourth-order valence-electron chi connectivity index (χ4n) is 2.78. The van der Waals surface area contributed by atoms with Crippen LogP contribution in [0.5, 0.6) is 0 Å². The minimum absolute atomic E-state index is 0.0845. The highest BCUT2D eigenvalue weighted by Crippen LogP contribution is 2.27. The first-order valence-electron chi connectivity index (χ1n) is 10.6. The molecule has 4 nitrogen and oxygen atoms in total. The number of Topliss-reactive ketones (excluding diaryl/α,β-unsaturated/α-hetero) is 1. The van der Waals surface area contributed by atoms with Crippen molar-refractivity contribution in [2.45, 2.75) is 26.7 Å². The number of ketones is 1. The number of hydrogen-bond acceptors (Lipinski definition) is 4. The molecule has 0 aliphatic rings. The van der Waals surface area contributed by atoms with Crippen molar-refractivity contribution in [1.82, 2.24) is 9.97 Å². The number of carbonyl (C=O) groups is 1. The molecule has 0 radical (unpaired) electrons. The van der Waals surface area contributed by atoms with Crippen LogP contribution in [-0.2, 0) is 4.74 Å². The van der Waals surface area contributed by atoms with Crippen LogP contribution < -0.4 is 0 Å². The highest BCUT2D eigenvalue weighted by Gasteiger charge is 2.07. The third-order valence-corrected chi connectivity index (χ3v) is 6.31. The molecule has 0 saturated heterocycles. The van der Waals surface area contributed by atoms with E-state index in [2.05, 4.69) is 55.3 Å². The number of rotatable bonds is 5. The van der Waals surface area contributed by atoms with E-state index in [0.29, 0.717) is 20.9 Å². The summed E-state index contributed by atoms with van der Waals surface area (Å²) in [5.74, 6) is -0.0845. The van der Waals surface area contributed by atoms with Crippen LogP contribution in [0.1, 0.15) is 37.2 Å². The third kappa shape index (κ3) is 9.36. The van der Waals surface area contributed by atoms with Gasteiger partial charge in [0.1, 0.15) is 10.8 Å². The Morgan fingerprint density at radius 1 is 0.943 bits per heavy atom. The molecule has 0 aliphatic heterocycles. The monoisotopic (exact) mass is 658 g/mol. The summed E-state index contributed by atoms with van der Waals surface area (Å²) in [6.45, 7) is 7.84. The molecule has 0 aliphatic carbocycles. The molecule has 0 bridgehead atoms. The maximum atomic E-state index is 11.2. The molecule has 4 aromatic rings. The van der Waals surface area contributed by atoms with E-state index >= 15 is 0 Å². The molecule has 0 N–H and O–H groups in total. The minimum Gasteiger partial charge on any atom is -0.502 e.